The number of ether oxygens (including phenoxy) is 1. The Labute approximate surface area is 436 Å². The lowest BCUT2D eigenvalue weighted by molar-refractivity contribution is 0.0451. The Bertz CT molecular complexity index is 3820. The summed E-state index contributed by atoms with van der Waals surface area (Å²) in [6, 6.07) is 13.1. The molecular formula is C51H52F2N18O6. The molecule has 24 nitrogen and oxygen atoms in total. The van der Waals surface area contributed by atoms with Gasteiger partial charge in [0, 0.05) is 74.2 Å². The van der Waals surface area contributed by atoms with Crippen LogP contribution in [0.3, 0.4) is 0 Å². The Morgan fingerprint density at radius 1 is 0.649 bits per heavy atom. The third-order valence-corrected chi connectivity index (χ3v) is 11.5. The van der Waals surface area contributed by atoms with Crippen LogP contribution in [0.2, 0.25) is 0 Å². The molecule has 0 aliphatic heterocycles. The van der Waals surface area contributed by atoms with E-state index in [-0.39, 0.29) is 42.1 Å². The molecule has 0 bridgehead atoms. The fourth-order valence-electron chi connectivity index (χ4n) is 7.65. The normalized spacial score (nSPS) is 11.9. The van der Waals surface area contributed by atoms with Crippen molar-refractivity contribution in [3.05, 3.63) is 132 Å². The summed E-state index contributed by atoms with van der Waals surface area (Å²) in [5, 5.41) is 23.5. The minimum Gasteiger partial charge on any atom is -0.444 e. The van der Waals surface area contributed by atoms with E-state index >= 15 is 4.39 Å². The highest BCUT2D eigenvalue weighted by atomic mass is 19.1. The van der Waals surface area contributed by atoms with E-state index in [2.05, 4.69) is 76.3 Å². The molecule has 0 aliphatic rings. The smallest absolute Gasteiger partial charge is 0.408 e. The lowest BCUT2D eigenvalue weighted by Crippen LogP contribution is -2.44. The topological polar surface area (TPSA) is 319 Å². The fourth-order valence-corrected chi connectivity index (χ4v) is 7.65. The lowest BCUT2D eigenvalue weighted by atomic mass is 10.0. The van der Waals surface area contributed by atoms with E-state index < -0.39 is 46.2 Å². The summed E-state index contributed by atoms with van der Waals surface area (Å²) in [5.74, 6) is -1.32. The number of benzene rings is 2. The molecule has 3 amide bonds. The third-order valence-electron chi connectivity index (χ3n) is 11.5. The summed E-state index contributed by atoms with van der Waals surface area (Å²) in [5.41, 5.74) is 10.5. The number of rotatable bonds is 13. The highest BCUT2D eigenvalue weighted by molar-refractivity contribution is 5.93. The molecule has 2 aromatic carbocycles. The third kappa shape index (κ3) is 11.9. The number of hydrogen-bond donors (Lipinski definition) is 6. The van der Waals surface area contributed by atoms with Crippen molar-refractivity contribution in [2.24, 2.45) is 19.8 Å². The number of fused-ring (bicyclic) bond motifs is 2. The second kappa shape index (κ2) is 20.6. The standard InChI is InChI=1S/C28H30FN9O4.C23H22FN9O2/c1-27(2,3)41-26(40)36-28(4,5)25-35-23(37-42-25)24(39)31-12-16-8-7-15(11-19(16)29)18-9-10-30-22-20(18)33-21(34-22)17-13-32-38(6)14-17;1-23(2,25)22-31-20(32-35-22)21(34)27-9-13-5-4-12(8-16(13)24)15-6-7-26-19-17(15)29-18(30-19)14-10-28-33(3)11-14/h7-11,13-14H,12H2,1-6H3,(H,31,39)(H,36,40)(H,30,33,34);4-8,10-11H,9,25H2,1-3H3,(H,27,34)(H,26,29,30). The Balaban J connectivity index is 0.000000191. The number of alkyl carbamates (subject to hydrolysis) is 1. The summed E-state index contributed by atoms with van der Waals surface area (Å²) in [4.78, 5) is 69.5. The van der Waals surface area contributed by atoms with E-state index in [4.69, 9.17) is 19.5 Å². The molecule has 0 saturated heterocycles. The number of amides is 3. The van der Waals surface area contributed by atoms with E-state index in [0.29, 0.717) is 50.7 Å². The average molecular weight is 1050 g/mol. The first-order valence-corrected chi connectivity index (χ1v) is 23.8. The molecular weight excluding hydrogens is 999 g/mol. The van der Waals surface area contributed by atoms with Crippen molar-refractivity contribution in [3.8, 4) is 45.0 Å². The van der Waals surface area contributed by atoms with Crippen LogP contribution in [-0.4, -0.2) is 93.3 Å². The van der Waals surface area contributed by atoms with Crippen molar-refractivity contribution in [1.82, 2.24) is 85.7 Å². The van der Waals surface area contributed by atoms with Crippen LogP contribution in [0.25, 0.3) is 67.4 Å². The molecule has 10 aromatic rings. The maximum Gasteiger partial charge on any atom is 0.408 e. The van der Waals surface area contributed by atoms with Crippen LogP contribution >= 0.6 is 0 Å². The van der Waals surface area contributed by atoms with Gasteiger partial charge in [0.05, 0.1) is 40.1 Å². The predicted molar refractivity (Wildman–Crippen MR) is 274 cm³/mol. The van der Waals surface area contributed by atoms with E-state index in [1.54, 1.807) is 119 Å². The van der Waals surface area contributed by atoms with Gasteiger partial charge in [-0.1, -0.05) is 34.6 Å². The van der Waals surface area contributed by atoms with Gasteiger partial charge in [0.25, 0.3) is 29.4 Å². The second-order valence-electron chi connectivity index (χ2n) is 19.9. The molecule has 0 fully saturated rings. The number of aryl methyl sites for hydroxylation is 2. The molecule has 77 heavy (non-hydrogen) atoms. The first-order chi connectivity index (χ1) is 36.5. The van der Waals surface area contributed by atoms with Gasteiger partial charge in [0.2, 0.25) is 5.89 Å². The number of carbonyl (C=O) groups excluding carboxylic acids is 3. The van der Waals surface area contributed by atoms with E-state index in [0.717, 1.165) is 22.3 Å². The van der Waals surface area contributed by atoms with Crippen LogP contribution in [0, 0.1) is 11.6 Å². The zero-order chi connectivity index (χ0) is 55.0. The number of aromatic nitrogens is 14. The molecule has 396 valence electrons. The van der Waals surface area contributed by atoms with Crippen molar-refractivity contribution in [3.63, 3.8) is 0 Å². The summed E-state index contributed by atoms with van der Waals surface area (Å²) >= 11 is 0. The maximum atomic E-state index is 15.2. The SMILES string of the molecule is Cn1cc(-c2nc3nccc(-c4ccc(CNC(=O)c5noc(C(C)(C)N)n5)c(F)c4)c3[nH]2)cn1.Cn1cc(-c2nc3nccc(-c4ccc(CNC(=O)c5noc(C(C)(C)NC(=O)OC(C)(C)C)n5)c(F)c4)c3[nH]2)cn1. The number of aromatic amines is 2. The van der Waals surface area contributed by atoms with Gasteiger partial charge < -0.3 is 45.4 Å². The highest BCUT2D eigenvalue weighted by Crippen LogP contribution is 2.32. The summed E-state index contributed by atoms with van der Waals surface area (Å²) in [7, 11) is 3.64. The van der Waals surface area contributed by atoms with Gasteiger partial charge in [-0.05, 0) is 83.9 Å². The van der Waals surface area contributed by atoms with Gasteiger partial charge in [-0.25, -0.2) is 33.5 Å². The molecule has 10 rings (SSSR count). The van der Waals surface area contributed by atoms with Gasteiger partial charge in [-0.15, -0.1) is 0 Å². The molecule has 0 atom stereocenters. The first-order valence-electron chi connectivity index (χ1n) is 23.8. The number of nitrogens with zero attached hydrogens (tertiary/aromatic N) is 12. The maximum absolute atomic E-state index is 15.2. The zero-order valence-corrected chi connectivity index (χ0v) is 43.1. The van der Waals surface area contributed by atoms with E-state index in [9.17, 15) is 18.8 Å². The molecule has 0 aliphatic carbocycles. The van der Waals surface area contributed by atoms with Gasteiger partial charge >= 0.3 is 6.09 Å². The Morgan fingerprint density at radius 3 is 1.51 bits per heavy atom. The predicted octanol–water partition coefficient (Wildman–Crippen LogP) is 6.91. The minimum atomic E-state index is -1.11. The highest BCUT2D eigenvalue weighted by Gasteiger charge is 2.33. The van der Waals surface area contributed by atoms with Crippen molar-refractivity contribution >= 4 is 40.2 Å². The molecule has 0 radical (unpaired) electrons. The number of nitrogens with two attached hydrogens (primary N) is 1. The summed E-state index contributed by atoms with van der Waals surface area (Å²) in [6.45, 7) is 11.7. The van der Waals surface area contributed by atoms with Crippen molar-refractivity contribution < 1.29 is 36.9 Å². The number of carbonyl (C=O) groups is 3. The lowest BCUT2D eigenvalue weighted by Gasteiger charge is -2.25. The molecule has 0 saturated carbocycles. The van der Waals surface area contributed by atoms with Crippen LogP contribution in [0.5, 0.6) is 0 Å². The number of pyridine rings is 2. The summed E-state index contributed by atoms with van der Waals surface area (Å²) < 4.78 is 48.9. The van der Waals surface area contributed by atoms with Gasteiger partial charge in [0.15, 0.2) is 11.3 Å². The monoisotopic (exact) mass is 1050 g/mol. The fraction of sp³-hybridized carbons (Fsp3) is 0.275. The number of nitrogens with one attached hydrogen (secondary N) is 5. The van der Waals surface area contributed by atoms with Gasteiger partial charge in [0.1, 0.15) is 34.4 Å². The van der Waals surface area contributed by atoms with Crippen LogP contribution in [0.15, 0.2) is 94.8 Å². The van der Waals surface area contributed by atoms with Crippen LogP contribution in [-0.2, 0) is 43.0 Å². The average Bonchev–Trinajstić information content (AvgIpc) is 4.25. The number of imidazole rings is 2. The van der Waals surface area contributed by atoms with E-state index in [1.807, 2.05) is 26.5 Å². The molecule has 8 heterocycles. The van der Waals surface area contributed by atoms with Crippen LogP contribution in [0.1, 0.15) is 92.6 Å². The molecule has 8 aromatic heterocycles. The first kappa shape index (κ1) is 52.3. The summed E-state index contributed by atoms with van der Waals surface area (Å²) in [6.07, 6.45) is 9.62. The Kier molecular flexibility index (Phi) is 14.0. The molecule has 0 spiro atoms. The van der Waals surface area contributed by atoms with Crippen molar-refractivity contribution in [1.29, 1.82) is 0 Å². The Hall–Kier alpha value is -9.59. The van der Waals surface area contributed by atoms with Crippen LogP contribution < -0.4 is 21.7 Å². The zero-order valence-electron chi connectivity index (χ0n) is 43.1. The van der Waals surface area contributed by atoms with Gasteiger partial charge in [-0.3, -0.25) is 19.0 Å². The minimum absolute atomic E-state index is 0.00296. The second-order valence-corrected chi connectivity index (χ2v) is 19.9. The van der Waals surface area contributed by atoms with E-state index in [1.165, 1.54) is 12.1 Å². The van der Waals surface area contributed by atoms with Crippen molar-refractivity contribution in [2.45, 2.75) is 78.2 Å². The Morgan fingerprint density at radius 2 is 1.10 bits per heavy atom. The number of hydrogen-bond acceptors (Lipinski definition) is 17. The van der Waals surface area contributed by atoms with Gasteiger partial charge in [-0.2, -0.15) is 20.2 Å². The molecule has 26 heteroatoms. The number of H-pyrrole nitrogens is 2. The quantitative estimate of drug-likeness (QED) is 0.0683. The molecule has 7 N–H and O–H groups in total. The largest absolute Gasteiger partial charge is 0.444 e. The number of halogens is 2. The molecule has 0 unspecified atom stereocenters. The van der Waals surface area contributed by atoms with Crippen LogP contribution in [0.4, 0.5) is 13.6 Å². The van der Waals surface area contributed by atoms with Crippen molar-refractivity contribution in [2.75, 3.05) is 0 Å².